The van der Waals surface area contributed by atoms with Gasteiger partial charge in [0.05, 0.1) is 25.2 Å². The molecule has 2 aromatic heterocycles. The maximum Gasteiger partial charge on any atom is 0.481 e. The molecular formula is C35H54N9O17P3S. The highest BCUT2D eigenvalue weighted by Crippen LogP contribution is 2.61. The summed E-state index contributed by atoms with van der Waals surface area (Å²) in [5.74, 6) is 1.49. The third-order valence-electron chi connectivity index (χ3n) is 9.57. The Balaban J connectivity index is 1.12. The van der Waals surface area contributed by atoms with Gasteiger partial charge in [-0.1, -0.05) is 49.9 Å². The minimum absolute atomic E-state index is 0.0275. The molecule has 4 rings (SSSR count). The van der Waals surface area contributed by atoms with Gasteiger partial charge >= 0.3 is 23.5 Å². The van der Waals surface area contributed by atoms with Crippen LogP contribution in [-0.4, -0.2) is 128 Å². The summed E-state index contributed by atoms with van der Waals surface area (Å²) in [5, 5.41) is 26.4. The third-order valence-corrected chi connectivity index (χ3v) is 13.6. The Labute approximate surface area is 377 Å². The lowest BCUT2D eigenvalue weighted by atomic mass is 9.87. The fraction of sp³-hybridized carbons (Fsp3) is 0.600. The minimum Gasteiger partial charge on any atom is -0.386 e. The summed E-state index contributed by atoms with van der Waals surface area (Å²) in [6.45, 7) is 0.447. The van der Waals surface area contributed by atoms with Gasteiger partial charge in [-0.15, -0.1) is 12.3 Å². The van der Waals surface area contributed by atoms with Gasteiger partial charge in [-0.2, -0.15) is 4.31 Å². The first kappa shape index (κ1) is 54.1. The summed E-state index contributed by atoms with van der Waals surface area (Å²) in [6.07, 6.45) is 10.5. The molecule has 2 aliphatic rings. The summed E-state index contributed by atoms with van der Waals surface area (Å²) in [5.41, 5.74) is 10.5. The maximum absolute atomic E-state index is 12.7. The first-order chi connectivity index (χ1) is 30.5. The molecule has 0 bridgehead atoms. The fourth-order valence-corrected chi connectivity index (χ4v) is 9.48. The number of thioether (sulfide) groups is 1. The Morgan fingerprint density at radius 3 is 2.46 bits per heavy atom. The number of nitrogens with one attached hydrogen (secondary N) is 4. The number of amides is 2. The summed E-state index contributed by atoms with van der Waals surface area (Å²) in [7, 11) is -16.4. The van der Waals surface area contributed by atoms with Gasteiger partial charge in [-0.05, 0) is 25.7 Å². The van der Waals surface area contributed by atoms with E-state index in [2.05, 4.69) is 57.3 Å². The number of hydrogen-bond donors (Lipinski definition) is 11. The van der Waals surface area contributed by atoms with Crippen molar-refractivity contribution in [3.8, 4) is 12.3 Å². The van der Waals surface area contributed by atoms with E-state index >= 15 is 0 Å². The molecule has 2 saturated heterocycles. The zero-order valence-corrected chi connectivity index (χ0v) is 38.7. The number of nitrogen functional groups attached to an aromatic ring is 1. The van der Waals surface area contributed by atoms with Crippen molar-refractivity contribution in [3.05, 3.63) is 37.0 Å². The van der Waals surface area contributed by atoms with Gasteiger partial charge in [0.1, 0.15) is 36.3 Å². The molecule has 12 N–H and O–H groups in total. The molecule has 26 nitrogen and oxygen atoms in total. The molecule has 65 heavy (non-hydrogen) atoms. The summed E-state index contributed by atoms with van der Waals surface area (Å²) in [6, 6.07) is 0. The van der Waals surface area contributed by atoms with Gasteiger partial charge in [-0.3, -0.25) is 32.5 Å². The number of fused-ring (bicyclic) bond motifs is 1. The normalized spacial score (nSPS) is 22.1. The number of allylic oxidation sites excluding steroid dienone is 4. The summed E-state index contributed by atoms with van der Waals surface area (Å²) >= 11 is 1.06. The average Bonchev–Trinajstić information content (AvgIpc) is 3.76. The second-order valence-electron chi connectivity index (χ2n) is 15.2. The van der Waals surface area contributed by atoms with E-state index in [4.69, 9.17) is 25.9 Å². The highest BCUT2D eigenvalue weighted by molar-refractivity contribution is 8.13. The molecule has 2 aromatic rings. The number of hydrazine groups is 1. The number of nitrogens with two attached hydrogens (primary N) is 1. The first-order valence-corrected chi connectivity index (χ1v) is 25.3. The van der Waals surface area contributed by atoms with Gasteiger partial charge in [0.15, 0.2) is 22.8 Å². The van der Waals surface area contributed by atoms with E-state index in [-0.39, 0.29) is 53.7 Å². The molecule has 2 unspecified atom stereocenters. The topological polar surface area (TPSA) is 408 Å². The number of terminal acetylenes is 1. The first-order valence-electron chi connectivity index (χ1n) is 19.8. The summed E-state index contributed by atoms with van der Waals surface area (Å²) < 4.78 is 62.3. The van der Waals surface area contributed by atoms with Crippen molar-refractivity contribution in [2.75, 3.05) is 37.8 Å². The van der Waals surface area contributed by atoms with Gasteiger partial charge in [0, 0.05) is 43.5 Å². The van der Waals surface area contributed by atoms with Crippen molar-refractivity contribution >= 4 is 69.1 Å². The summed E-state index contributed by atoms with van der Waals surface area (Å²) in [4.78, 5) is 88.1. The maximum atomic E-state index is 12.7. The lowest BCUT2D eigenvalue weighted by Crippen LogP contribution is -2.46. The molecule has 4 heterocycles. The van der Waals surface area contributed by atoms with E-state index in [0.717, 1.165) is 48.2 Å². The Morgan fingerprint density at radius 2 is 1.77 bits per heavy atom. The number of aliphatic hydroxyl groups excluding tert-OH is 2. The van der Waals surface area contributed by atoms with Crippen molar-refractivity contribution in [2.24, 2.45) is 5.41 Å². The van der Waals surface area contributed by atoms with Crippen LogP contribution in [0.5, 0.6) is 0 Å². The third kappa shape index (κ3) is 17.6. The van der Waals surface area contributed by atoms with Crippen LogP contribution >= 0.6 is 35.2 Å². The highest BCUT2D eigenvalue weighted by atomic mass is 32.2. The predicted molar refractivity (Wildman–Crippen MR) is 231 cm³/mol. The number of phosphoric acid groups is 3. The van der Waals surface area contributed by atoms with Crippen molar-refractivity contribution in [1.82, 2.24) is 41.0 Å². The fourth-order valence-electron chi connectivity index (χ4n) is 6.00. The van der Waals surface area contributed by atoms with Crippen LogP contribution < -0.4 is 27.2 Å². The van der Waals surface area contributed by atoms with Gasteiger partial charge < -0.3 is 50.9 Å². The number of phosphoric ester groups is 3. The number of anilines is 1. The number of aliphatic hydroxyl groups is 2. The number of ether oxygens (including phenoxy) is 1. The number of aromatic nitrogens is 4. The Kier molecular flexibility index (Phi) is 20.0. The molecule has 2 aliphatic heterocycles. The van der Waals surface area contributed by atoms with Crippen LogP contribution in [0.25, 0.3) is 11.2 Å². The van der Waals surface area contributed by atoms with Crippen LogP contribution in [0.3, 0.4) is 0 Å². The number of carbonyl (C=O) groups is 3. The second kappa shape index (κ2) is 24.0. The largest absolute Gasteiger partial charge is 0.481 e. The zero-order chi connectivity index (χ0) is 48.1. The van der Waals surface area contributed by atoms with E-state index in [1.165, 1.54) is 13.8 Å². The van der Waals surface area contributed by atoms with Crippen molar-refractivity contribution in [2.45, 2.75) is 95.1 Å². The van der Waals surface area contributed by atoms with E-state index in [0.29, 0.717) is 18.6 Å². The molecule has 0 spiro atoms. The van der Waals surface area contributed by atoms with E-state index in [1.807, 2.05) is 12.2 Å². The lowest BCUT2D eigenvalue weighted by Gasteiger charge is -2.30. The number of nitrogens with zero attached hydrogens (tertiary/aromatic N) is 4. The second-order valence-corrected chi connectivity index (χ2v) is 20.6. The number of carbonyl (C=O) groups excluding carboxylic acids is 3. The van der Waals surface area contributed by atoms with E-state index in [1.54, 1.807) is 6.08 Å². The molecule has 7 atom stereocenters. The van der Waals surface area contributed by atoms with Gasteiger partial charge in [0.25, 0.3) is 0 Å². The lowest BCUT2D eigenvalue weighted by molar-refractivity contribution is -0.137. The Hall–Kier alpha value is -3.48. The SMILES string of the molecule is C#CCCC1(CC/C=C/C/C=C/CC(=O)SCCNC(=O)CCNC(=O)[C@@H](O)C(C)(C)COP(=O)(O)OP(=O)(O)OC[C@H]2O[C@@H](n3cnc4c(N)ncnc43)[C@H](O)[C@@H]2OP(=O)(O)O)NN1. The smallest absolute Gasteiger partial charge is 0.386 e. The molecule has 0 aromatic carbocycles. The minimum atomic E-state index is -5.58. The molecule has 0 aliphatic carbocycles. The Morgan fingerprint density at radius 1 is 1.06 bits per heavy atom. The van der Waals surface area contributed by atoms with Crippen LogP contribution in [0, 0.1) is 17.8 Å². The predicted octanol–water partition coefficient (Wildman–Crippen LogP) is 0.555. The monoisotopic (exact) mass is 997 g/mol. The molecule has 0 saturated carbocycles. The van der Waals surface area contributed by atoms with Crippen LogP contribution in [0.1, 0.15) is 65.0 Å². The number of rotatable bonds is 28. The number of hydrogen-bond acceptors (Lipinski definition) is 20. The average molecular weight is 998 g/mol. The van der Waals surface area contributed by atoms with Crippen LogP contribution in [0.2, 0.25) is 0 Å². The van der Waals surface area contributed by atoms with E-state index < -0.39 is 84.6 Å². The molecule has 0 radical (unpaired) electrons. The van der Waals surface area contributed by atoms with Crippen LogP contribution in [0.4, 0.5) is 5.82 Å². The number of imidazole rings is 1. The van der Waals surface area contributed by atoms with E-state index in [9.17, 15) is 57.9 Å². The molecular weight excluding hydrogens is 943 g/mol. The van der Waals surface area contributed by atoms with Crippen molar-refractivity contribution in [1.29, 1.82) is 0 Å². The van der Waals surface area contributed by atoms with Crippen molar-refractivity contribution in [3.63, 3.8) is 0 Å². The molecule has 2 fully saturated rings. The standard InChI is InChI=1S/C35H54N9O17P3S/c1-4-5-14-35(42-43-35)15-11-9-7-6-8-10-12-25(46)65-18-17-37-24(45)13-16-38-32(49)29(48)34(2,3)20-58-64(55,56)61-63(53,54)57-19-23-28(60-62(50,51)52)27(47)33(59-23)44-22-41-26-30(36)39-21-40-31(26)44/h1,7-10,21-23,27-29,33,42-43,47-48H,5-6,11-20H2,2-3H3,(H,37,45)(H,38,49)(H,53,54)(H,55,56)(H2,36,39,40)(H2,50,51,52)/b9-7+,10-8+/t23-,27-,28-,29-,33-/m1/s1. The molecule has 30 heteroatoms. The molecule has 2 amide bonds. The zero-order valence-electron chi connectivity index (χ0n) is 35.2. The Bertz CT molecular complexity index is 2220. The van der Waals surface area contributed by atoms with Crippen molar-refractivity contribution < 1.29 is 80.5 Å². The van der Waals surface area contributed by atoms with Crippen LogP contribution in [0.15, 0.2) is 37.0 Å². The highest BCUT2D eigenvalue weighted by Gasteiger charge is 2.50. The quantitative estimate of drug-likeness (QED) is 0.0182. The molecule has 362 valence electrons. The van der Waals surface area contributed by atoms with Crippen LogP contribution in [-0.2, 0) is 50.7 Å². The van der Waals surface area contributed by atoms with Gasteiger partial charge in [0.2, 0.25) is 11.8 Å². The van der Waals surface area contributed by atoms with Gasteiger partial charge in [-0.25, -0.2) is 39.5 Å².